The molecule has 2 aliphatic heterocycles. The molecule has 0 spiro atoms. The van der Waals surface area contributed by atoms with Gasteiger partial charge in [-0.3, -0.25) is 4.57 Å². The lowest BCUT2D eigenvalue weighted by Gasteiger charge is -2.22. The molecule has 4 rings (SSSR count). The Kier molecular flexibility index (Phi) is 3.98. The van der Waals surface area contributed by atoms with Gasteiger partial charge in [-0.2, -0.15) is 4.98 Å². The molecular weight excluding hydrogens is 308 g/mol. The van der Waals surface area contributed by atoms with Crippen molar-refractivity contribution in [1.82, 2.24) is 9.55 Å². The van der Waals surface area contributed by atoms with Crippen molar-refractivity contribution >= 4 is 0 Å². The van der Waals surface area contributed by atoms with E-state index in [4.69, 9.17) is 14.2 Å². The highest BCUT2D eigenvalue weighted by molar-refractivity contribution is 5.67. The van der Waals surface area contributed by atoms with E-state index in [1.807, 2.05) is 24.3 Å². The van der Waals surface area contributed by atoms with Crippen LogP contribution in [0.3, 0.4) is 0 Å². The third-order valence-corrected chi connectivity index (χ3v) is 4.62. The zero-order chi connectivity index (χ0) is 16.5. The molecule has 1 unspecified atom stereocenters. The minimum Gasteiger partial charge on any atom is -0.497 e. The van der Waals surface area contributed by atoms with Crippen LogP contribution in [0.25, 0.3) is 11.3 Å². The maximum Gasteiger partial charge on any atom is 0.351 e. The lowest BCUT2D eigenvalue weighted by molar-refractivity contribution is 0.0661. The molecule has 0 bridgehead atoms. The van der Waals surface area contributed by atoms with Gasteiger partial charge in [0.1, 0.15) is 12.4 Å². The minimum atomic E-state index is -0.267. The molecule has 1 atom stereocenters. The van der Waals surface area contributed by atoms with E-state index in [9.17, 15) is 4.79 Å². The van der Waals surface area contributed by atoms with Gasteiger partial charge >= 0.3 is 5.69 Å². The van der Waals surface area contributed by atoms with Crippen LogP contribution in [0.5, 0.6) is 11.6 Å². The van der Waals surface area contributed by atoms with Gasteiger partial charge in [0.15, 0.2) is 0 Å². The molecule has 2 aromatic rings. The van der Waals surface area contributed by atoms with Gasteiger partial charge in [-0.05, 0) is 43.0 Å². The highest BCUT2D eigenvalue weighted by atomic mass is 16.5. The van der Waals surface area contributed by atoms with E-state index in [1.165, 1.54) is 5.56 Å². The van der Waals surface area contributed by atoms with Crippen LogP contribution >= 0.6 is 0 Å². The van der Waals surface area contributed by atoms with Crippen molar-refractivity contribution in [1.29, 1.82) is 0 Å². The van der Waals surface area contributed by atoms with Crippen LogP contribution in [0.4, 0.5) is 0 Å². The first kappa shape index (κ1) is 15.2. The van der Waals surface area contributed by atoms with E-state index in [2.05, 4.69) is 4.98 Å². The molecule has 3 heterocycles. The number of rotatable bonds is 4. The van der Waals surface area contributed by atoms with Gasteiger partial charge in [-0.25, -0.2) is 4.79 Å². The SMILES string of the molecule is COc1ccc2c(c1)CCn1c-2cc(OCC2CCCO2)nc1=O. The maximum absolute atomic E-state index is 12.3. The predicted molar refractivity (Wildman–Crippen MR) is 88.7 cm³/mol. The van der Waals surface area contributed by atoms with Crippen molar-refractivity contribution < 1.29 is 14.2 Å². The predicted octanol–water partition coefficient (Wildman–Crippen LogP) is 2.03. The van der Waals surface area contributed by atoms with Crippen LogP contribution < -0.4 is 15.2 Å². The number of benzene rings is 1. The van der Waals surface area contributed by atoms with Crippen molar-refractivity contribution in [3.05, 3.63) is 40.3 Å². The Morgan fingerprint density at radius 3 is 3.08 bits per heavy atom. The molecule has 6 heteroatoms. The van der Waals surface area contributed by atoms with Crippen LogP contribution in [0.1, 0.15) is 18.4 Å². The molecule has 2 aliphatic rings. The Morgan fingerprint density at radius 1 is 1.38 bits per heavy atom. The molecule has 0 aliphatic carbocycles. The highest BCUT2D eigenvalue weighted by Gasteiger charge is 2.21. The van der Waals surface area contributed by atoms with Crippen molar-refractivity contribution in [2.45, 2.75) is 31.9 Å². The zero-order valence-corrected chi connectivity index (χ0v) is 13.7. The lowest BCUT2D eigenvalue weighted by atomic mass is 9.97. The Labute approximate surface area is 140 Å². The van der Waals surface area contributed by atoms with Crippen LogP contribution in [0.15, 0.2) is 29.1 Å². The fourth-order valence-electron chi connectivity index (χ4n) is 3.34. The maximum atomic E-state index is 12.3. The Balaban J connectivity index is 1.66. The van der Waals surface area contributed by atoms with Gasteiger partial charge < -0.3 is 14.2 Å². The molecule has 1 aromatic heterocycles. The zero-order valence-electron chi connectivity index (χ0n) is 13.7. The van der Waals surface area contributed by atoms with Crippen molar-refractivity contribution in [3.8, 4) is 22.9 Å². The number of methoxy groups -OCH3 is 1. The Morgan fingerprint density at radius 2 is 2.29 bits per heavy atom. The number of hydrogen-bond acceptors (Lipinski definition) is 5. The number of ether oxygens (including phenoxy) is 3. The van der Waals surface area contributed by atoms with Gasteiger partial charge in [0.25, 0.3) is 0 Å². The summed E-state index contributed by atoms with van der Waals surface area (Å²) < 4.78 is 18.3. The molecule has 24 heavy (non-hydrogen) atoms. The van der Waals surface area contributed by atoms with Crippen LogP contribution in [0, 0.1) is 0 Å². The van der Waals surface area contributed by atoms with Gasteiger partial charge in [-0.1, -0.05) is 0 Å². The molecular formula is C18H20N2O4. The third-order valence-electron chi connectivity index (χ3n) is 4.62. The fraction of sp³-hybridized carbons (Fsp3) is 0.444. The van der Waals surface area contributed by atoms with Gasteiger partial charge in [0.2, 0.25) is 5.88 Å². The van der Waals surface area contributed by atoms with Crippen molar-refractivity contribution in [3.63, 3.8) is 0 Å². The van der Waals surface area contributed by atoms with E-state index in [1.54, 1.807) is 11.7 Å². The molecule has 1 aromatic carbocycles. The summed E-state index contributed by atoms with van der Waals surface area (Å²) in [6.45, 7) is 1.84. The quantitative estimate of drug-likeness (QED) is 0.859. The minimum absolute atomic E-state index is 0.0992. The molecule has 0 radical (unpaired) electrons. The number of nitrogens with zero attached hydrogens (tertiary/aromatic N) is 2. The first-order valence-electron chi connectivity index (χ1n) is 8.28. The molecule has 1 fully saturated rings. The van der Waals surface area contributed by atoms with Crippen LogP contribution in [-0.2, 0) is 17.7 Å². The first-order valence-corrected chi connectivity index (χ1v) is 8.28. The number of aryl methyl sites for hydroxylation is 1. The average Bonchev–Trinajstić information content (AvgIpc) is 3.12. The molecule has 6 nitrogen and oxygen atoms in total. The smallest absolute Gasteiger partial charge is 0.351 e. The lowest BCUT2D eigenvalue weighted by Crippen LogP contribution is -2.29. The van der Waals surface area contributed by atoms with Crippen LogP contribution in [0.2, 0.25) is 0 Å². The van der Waals surface area contributed by atoms with Crippen molar-refractivity contribution in [2.24, 2.45) is 0 Å². The average molecular weight is 328 g/mol. The topological polar surface area (TPSA) is 62.6 Å². The standard InChI is InChI=1S/C18H20N2O4/c1-22-13-4-5-15-12(9-13)6-7-20-16(15)10-17(19-18(20)21)24-11-14-3-2-8-23-14/h4-5,9-10,14H,2-3,6-8,11H2,1H3. The summed E-state index contributed by atoms with van der Waals surface area (Å²) in [5.41, 5.74) is 2.78. The summed E-state index contributed by atoms with van der Waals surface area (Å²) in [6, 6.07) is 7.77. The molecule has 126 valence electrons. The molecule has 1 saturated heterocycles. The molecule has 0 saturated carbocycles. The summed E-state index contributed by atoms with van der Waals surface area (Å²) in [5.74, 6) is 1.19. The monoisotopic (exact) mass is 328 g/mol. The second-order valence-electron chi connectivity index (χ2n) is 6.13. The normalized spacial score (nSPS) is 18.8. The second-order valence-corrected chi connectivity index (χ2v) is 6.13. The highest BCUT2D eigenvalue weighted by Crippen LogP contribution is 2.32. The molecule has 0 N–H and O–H groups in total. The van der Waals surface area contributed by atoms with Crippen molar-refractivity contribution in [2.75, 3.05) is 20.3 Å². The van der Waals surface area contributed by atoms with E-state index in [0.717, 1.165) is 42.9 Å². The number of hydrogen-bond donors (Lipinski definition) is 0. The fourth-order valence-corrected chi connectivity index (χ4v) is 3.34. The summed E-state index contributed by atoms with van der Waals surface area (Å²) >= 11 is 0. The molecule has 0 amide bonds. The summed E-state index contributed by atoms with van der Waals surface area (Å²) in [4.78, 5) is 16.4. The largest absolute Gasteiger partial charge is 0.497 e. The summed E-state index contributed by atoms with van der Waals surface area (Å²) in [6.07, 6.45) is 2.94. The second kappa shape index (κ2) is 6.28. The first-order chi connectivity index (χ1) is 11.7. The third kappa shape index (κ3) is 2.78. The van der Waals surface area contributed by atoms with Crippen LogP contribution in [-0.4, -0.2) is 36.0 Å². The summed E-state index contributed by atoms with van der Waals surface area (Å²) in [7, 11) is 1.66. The van der Waals surface area contributed by atoms with Gasteiger partial charge in [-0.15, -0.1) is 0 Å². The van der Waals surface area contributed by atoms with E-state index < -0.39 is 0 Å². The van der Waals surface area contributed by atoms with Gasteiger partial charge in [0, 0.05) is 24.8 Å². The Bertz CT molecular complexity index is 809. The van der Waals surface area contributed by atoms with E-state index in [0.29, 0.717) is 19.0 Å². The van der Waals surface area contributed by atoms with E-state index in [-0.39, 0.29) is 11.8 Å². The summed E-state index contributed by atoms with van der Waals surface area (Å²) in [5, 5.41) is 0. The Hall–Kier alpha value is -2.34. The number of fused-ring (bicyclic) bond motifs is 3. The van der Waals surface area contributed by atoms with Gasteiger partial charge in [0.05, 0.1) is 18.9 Å². The van der Waals surface area contributed by atoms with E-state index >= 15 is 0 Å². The number of aromatic nitrogens is 2.